The molecule has 2 nitrogen and oxygen atoms in total. The second kappa shape index (κ2) is 4.43. The lowest BCUT2D eigenvalue weighted by Crippen LogP contribution is -2.22. The summed E-state index contributed by atoms with van der Waals surface area (Å²) < 4.78 is 0. The number of aryl methyl sites for hydroxylation is 3. The van der Waals surface area contributed by atoms with E-state index in [1.54, 1.807) is 0 Å². The van der Waals surface area contributed by atoms with Gasteiger partial charge in [-0.15, -0.1) is 0 Å². The van der Waals surface area contributed by atoms with Crippen LogP contribution in [-0.4, -0.2) is 11.5 Å². The van der Waals surface area contributed by atoms with E-state index in [4.69, 9.17) is 5.73 Å². The van der Waals surface area contributed by atoms with Gasteiger partial charge in [0.2, 0.25) is 0 Å². The van der Waals surface area contributed by atoms with Crippen molar-refractivity contribution >= 4 is 10.9 Å². The minimum absolute atomic E-state index is 0.122. The van der Waals surface area contributed by atoms with Crippen molar-refractivity contribution in [2.45, 2.75) is 46.5 Å². The molecule has 98 valence electrons. The Kier molecular flexibility index (Phi) is 3.24. The Morgan fingerprint density at radius 3 is 2.44 bits per heavy atom. The standard InChI is InChI=1S/C16H24N2/c1-10-8-11(2)14-13(9-10)18-12(3)15(14)16(4,5)6-7-17/h8-9,18H,6-7,17H2,1-5H3. The highest BCUT2D eigenvalue weighted by Crippen LogP contribution is 2.37. The van der Waals surface area contributed by atoms with E-state index in [1.807, 2.05) is 0 Å². The van der Waals surface area contributed by atoms with E-state index in [9.17, 15) is 0 Å². The third kappa shape index (κ3) is 2.05. The lowest BCUT2D eigenvalue weighted by atomic mass is 9.79. The summed E-state index contributed by atoms with van der Waals surface area (Å²) in [5.74, 6) is 0. The van der Waals surface area contributed by atoms with Crippen LogP contribution in [0.2, 0.25) is 0 Å². The SMILES string of the molecule is Cc1cc(C)c2c(C(C)(C)CCN)c(C)[nH]c2c1. The number of rotatable bonds is 3. The van der Waals surface area contributed by atoms with Crippen molar-refractivity contribution in [3.05, 3.63) is 34.5 Å². The van der Waals surface area contributed by atoms with Gasteiger partial charge in [0.25, 0.3) is 0 Å². The van der Waals surface area contributed by atoms with Gasteiger partial charge in [0, 0.05) is 16.6 Å². The average Bonchev–Trinajstić information content (AvgIpc) is 2.54. The van der Waals surface area contributed by atoms with E-state index in [2.05, 4.69) is 51.7 Å². The van der Waals surface area contributed by atoms with Crippen LogP contribution < -0.4 is 5.73 Å². The average molecular weight is 244 g/mol. The second-order valence-corrected chi connectivity index (χ2v) is 6.05. The molecule has 2 rings (SSSR count). The highest BCUT2D eigenvalue weighted by molar-refractivity contribution is 5.89. The summed E-state index contributed by atoms with van der Waals surface area (Å²) in [6, 6.07) is 4.50. The maximum Gasteiger partial charge on any atom is 0.0464 e. The van der Waals surface area contributed by atoms with E-state index >= 15 is 0 Å². The highest BCUT2D eigenvalue weighted by Gasteiger charge is 2.26. The minimum Gasteiger partial charge on any atom is -0.358 e. The largest absolute Gasteiger partial charge is 0.358 e. The van der Waals surface area contributed by atoms with Gasteiger partial charge in [-0.3, -0.25) is 0 Å². The third-order valence-corrected chi connectivity index (χ3v) is 3.87. The number of hydrogen-bond donors (Lipinski definition) is 2. The molecule has 0 unspecified atom stereocenters. The molecule has 0 radical (unpaired) electrons. The molecular formula is C16H24N2. The summed E-state index contributed by atoms with van der Waals surface area (Å²) in [6.45, 7) is 11.8. The van der Waals surface area contributed by atoms with Crippen molar-refractivity contribution in [2.24, 2.45) is 5.73 Å². The molecule has 1 aromatic carbocycles. The zero-order chi connectivity index (χ0) is 13.5. The van der Waals surface area contributed by atoms with Gasteiger partial charge in [-0.25, -0.2) is 0 Å². The van der Waals surface area contributed by atoms with Crippen molar-refractivity contribution in [1.82, 2.24) is 4.98 Å². The smallest absolute Gasteiger partial charge is 0.0464 e. The molecule has 0 aliphatic rings. The molecule has 0 saturated heterocycles. The van der Waals surface area contributed by atoms with Crippen LogP contribution in [0.25, 0.3) is 10.9 Å². The fourth-order valence-electron chi connectivity index (χ4n) is 3.18. The molecule has 0 atom stereocenters. The predicted octanol–water partition coefficient (Wildman–Crippen LogP) is 3.72. The van der Waals surface area contributed by atoms with Gasteiger partial charge in [0.15, 0.2) is 0 Å². The highest BCUT2D eigenvalue weighted by atomic mass is 14.7. The zero-order valence-corrected chi connectivity index (χ0v) is 12.1. The monoisotopic (exact) mass is 244 g/mol. The van der Waals surface area contributed by atoms with Crippen LogP contribution in [0, 0.1) is 20.8 Å². The molecule has 0 amide bonds. The summed E-state index contributed by atoms with van der Waals surface area (Å²) in [7, 11) is 0. The summed E-state index contributed by atoms with van der Waals surface area (Å²) >= 11 is 0. The predicted molar refractivity (Wildman–Crippen MR) is 79.2 cm³/mol. The van der Waals surface area contributed by atoms with Crippen molar-refractivity contribution in [2.75, 3.05) is 6.54 Å². The van der Waals surface area contributed by atoms with E-state index in [0.29, 0.717) is 0 Å². The number of fused-ring (bicyclic) bond motifs is 1. The summed E-state index contributed by atoms with van der Waals surface area (Å²) in [4.78, 5) is 3.53. The Bertz CT molecular complexity index is 576. The van der Waals surface area contributed by atoms with Gasteiger partial charge in [-0.1, -0.05) is 19.9 Å². The Balaban J connectivity index is 2.75. The fraction of sp³-hybridized carbons (Fsp3) is 0.500. The number of aromatic amines is 1. The van der Waals surface area contributed by atoms with Crippen molar-refractivity contribution in [3.8, 4) is 0 Å². The Morgan fingerprint density at radius 2 is 1.83 bits per heavy atom. The van der Waals surface area contributed by atoms with Crippen LogP contribution in [0.5, 0.6) is 0 Å². The first-order valence-corrected chi connectivity index (χ1v) is 6.67. The van der Waals surface area contributed by atoms with Crippen molar-refractivity contribution in [1.29, 1.82) is 0 Å². The molecule has 0 aliphatic carbocycles. The first-order valence-electron chi connectivity index (χ1n) is 6.67. The van der Waals surface area contributed by atoms with E-state index in [0.717, 1.165) is 13.0 Å². The Labute approximate surface area is 110 Å². The molecule has 3 N–H and O–H groups in total. The first-order chi connectivity index (χ1) is 8.36. The van der Waals surface area contributed by atoms with Crippen LogP contribution in [0.3, 0.4) is 0 Å². The normalized spacial score (nSPS) is 12.3. The summed E-state index contributed by atoms with van der Waals surface area (Å²) in [6.07, 6.45) is 1.01. The molecule has 1 heterocycles. The van der Waals surface area contributed by atoms with Crippen LogP contribution in [-0.2, 0) is 5.41 Å². The molecular weight excluding hydrogens is 220 g/mol. The lowest BCUT2D eigenvalue weighted by molar-refractivity contribution is 0.489. The van der Waals surface area contributed by atoms with Gasteiger partial charge in [0.05, 0.1) is 0 Å². The van der Waals surface area contributed by atoms with Crippen molar-refractivity contribution in [3.63, 3.8) is 0 Å². The molecule has 2 aromatic rings. The molecule has 0 fully saturated rings. The molecule has 0 spiro atoms. The molecule has 0 bridgehead atoms. The van der Waals surface area contributed by atoms with Crippen LogP contribution in [0.1, 0.15) is 42.7 Å². The topological polar surface area (TPSA) is 41.8 Å². The summed E-state index contributed by atoms with van der Waals surface area (Å²) in [5.41, 5.74) is 12.5. The molecule has 0 saturated carbocycles. The van der Waals surface area contributed by atoms with E-state index in [1.165, 1.54) is 33.3 Å². The minimum atomic E-state index is 0.122. The number of hydrogen-bond acceptors (Lipinski definition) is 1. The number of benzene rings is 1. The van der Waals surface area contributed by atoms with Gasteiger partial charge >= 0.3 is 0 Å². The Hall–Kier alpha value is -1.28. The van der Waals surface area contributed by atoms with E-state index in [-0.39, 0.29) is 5.41 Å². The molecule has 18 heavy (non-hydrogen) atoms. The number of nitrogens with one attached hydrogen (secondary N) is 1. The molecule has 1 aromatic heterocycles. The van der Waals surface area contributed by atoms with Gasteiger partial charge in [0.1, 0.15) is 0 Å². The second-order valence-electron chi connectivity index (χ2n) is 6.05. The Morgan fingerprint density at radius 1 is 1.17 bits per heavy atom. The zero-order valence-electron chi connectivity index (χ0n) is 12.1. The third-order valence-electron chi connectivity index (χ3n) is 3.87. The van der Waals surface area contributed by atoms with Gasteiger partial charge in [-0.2, -0.15) is 0 Å². The number of aromatic nitrogens is 1. The first kappa shape index (κ1) is 13.2. The van der Waals surface area contributed by atoms with Crippen molar-refractivity contribution < 1.29 is 0 Å². The van der Waals surface area contributed by atoms with Crippen LogP contribution >= 0.6 is 0 Å². The fourth-order valence-corrected chi connectivity index (χ4v) is 3.18. The summed E-state index contributed by atoms with van der Waals surface area (Å²) in [5, 5.41) is 1.39. The van der Waals surface area contributed by atoms with E-state index < -0.39 is 0 Å². The van der Waals surface area contributed by atoms with Gasteiger partial charge < -0.3 is 10.7 Å². The van der Waals surface area contributed by atoms with Crippen LogP contribution in [0.15, 0.2) is 12.1 Å². The quantitative estimate of drug-likeness (QED) is 0.849. The van der Waals surface area contributed by atoms with Gasteiger partial charge in [-0.05, 0) is 61.9 Å². The number of nitrogens with two attached hydrogens (primary N) is 1. The number of H-pyrrole nitrogens is 1. The van der Waals surface area contributed by atoms with Crippen LogP contribution in [0.4, 0.5) is 0 Å². The molecule has 0 aliphatic heterocycles. The maximum absolute atomic E-state index is 5.77. The lowest BCUT2D eigenvalue weighted by Gasteiger charge is -2.25. The molecule has 2 heteroatoms. The maximum atomic E-state index is 5.77.